The second kappa shape index (κ2) is 15.7. The van der Waals surface area contributed by atoms with Crippen molar-refractivity contribution >= 4 is 5.91 Å². The number of rotatable bonds is 1. The maximum Gasteiger partial charge on any atom is 0.0484 e. The molecule has 0 aliphatic heterocycles. The van der Waals surface area contributed by atoms with Crippen molar-refractivity contribution in [3.8, 4) is 0 Å². The Balaban J connectivity index is -0.0000000750. The second-order valence-corrected chi connectivity index (χ2v) is 0.777. The van der Waals surface area contributed by atoms with E-state index >= 15 is 0 Å². The Hall–Kier alpha value is 0.340. The molecular formula is C5H11NOSc-2. The van der Waals surface area contributed by atoms with Gasteiger partial charge in [0.25, 0.3) is 0 Å². The predicted molar refractivity (Wildman–Crippen MR) is 30.7 cm³/mol. The van der Waals surface area contributed by atoms with Gasteiger partial charge in [-0.15, -0.1) is 0 Å². The summed E-state index contributed by atoms with van der Waals surface area (Å²) < 4.78 is 0. The molecular weight excluding hydrogens is 135 g/mol. The largest absolute Gasteiger partial charge is 0.668 e. The summed E-state index contributed by atoms with van der Waals surface area (Å²) >= 11 is 0. The molecule has 0 unspecified atom stereocenters. The van der Waals surface area contributed by atoms with Gasteiger partial charge in [-0.05, 0) is 6.42 Å². The van der Waals surface area contributed by atoms with Crippen LogP contribution in [0.5, 0.6) is 0 Å². The van der Waals surface area contributed by atoms with Gasteiger partial charge in [-0.25, -0.2) is 0 Å². The van der Waals surface area contributed by atoms with E-state index in [1.807, 2.05) is 0 Å². The van der Waals surface area contributed by atoms with Gasteiger partial charge in [0.2, 0.25) is 0 Å². The molecule has 0 saturated heterocycles. The molecule has 47 valence electrons. The summed E-state index contributed by atoms with van der Waals surface area (Å²) in [6, 6.07) is 0. The second-order valence-electron chi connectivity index (χ2n) is 0.777. The van der Waals surface area contributed by atoms with Crippen LogP contribution in [0.4, 0.5) is 0 Å². The van der Waals surface area contributed by atoms with E-state index in [0.717, 1.165) is 0 Å². The van der Waals surface area contributed by atoms with Crippen LogP contribution in [0.1, 0.15) is 20.3 Å². The van der Waals surface area contributed by atoms with E-state index in [4.69, 9.17) is 5.73 Å². The maximum absolute atomic E-state index is 9.48. The van der Waals surface area contributed by atoms with E-state index in [0.29, 0.717) is 6.42 Å². The summed E-state index contributed by atoms with van der Waals surface area (Å²) in [5.74, 6) is -0.495. The number of carbonyl (C=O) groups excluding carboxylic acids is 1. The van der Waals surface area contributed by atoms with Crippen LogP contribution in [0.15, 0.2) is 0 Å². The molecule has 0 rings (SSSR count). The van der Waals surface area contributed by atoms with Gasteiger partial charge in [0, 0.05) is 31.8 Å². The molecule has 0 aromatic carbocycles. The average Bonchev–Trinajstić information content (AvgIpc) is 1.73. The van der Waals surface area contributed by atoms with E-state index in [2.05, 4.69) is 6.92 Å². The van der Waals surface area contributed by atoms with Crippen molar-refractivity contribution in [2.24, 2.45) is 0 Å². The summed E-state index contributed by atoms with van der Waals surface area (Å²) in [5, 5.41) is 0. The number of hydrogen-bond acceptors (Lipinski definition) is 1. The number of hydrogen-bond donors (Lipinski definition) is 0. The molecule has 1 amide bonds. The first-order chi connectivity index (χ1) is 3.27. The van der Waals surface area contributed by atoms with Crippen LogP contribution in [0, 0.1) is 6.92 Å². The van der Waals surface area contributed by atoms with Crippen LogP contribution in [0.2, 0.25) is 0 Å². The van der Waals surface area contributed by atoms with Gasteiger partial charge in [-0.3, -0.25) is 0 Å². The number of nitrogens with one attached hydrogen (secondary N) is 1. The van der Waals surface area contributed by atoms with E-state index in [1.165, 1.54) is 0 Å². The molecule has 3 heteroatoms. The summed E-state index contributed by atoms with van der Waals surface area (Å²) in [7, 11) is 0. The molecule has 0 aromatic rings. The summed E-state index contributed by atoms with van der Waals surface area (Å²) in [4.78, 5) is 9.48. The van der Waals surface area contributed by atoms with Crippen molar-refractivity contribution in [3.63, 3.8) is 0 Å². The van der Waals surface area contributed by atoms with Gasteiger partial charge in [0.05, 0.1) is 0 Å². The Morgan fingerprint density at radius 3 is 1.75 bits per heavy atom. The number of carbonyl (C=O) groups is 1. The molecule has 0 aromatic heterocycles. The third kappa shape index (κ3) is 33.0. The Morgan fingerprint density at radius 2 is 1.75 bits per heavy atom. The summed E-state index contributed by atoms with van der Waals surface area (Å²) in [6.45, 7) is 6.66. The van der Waals surface area contributed by atoms with Crippen molar-refractivity contribution in [2.45, 2.75) is 20.3 Å². The van der Waals surface area contributed by atoms with Gasteiger partial charge >= 0.3 is 0 Å². The zero-order valence-electron chi connectivity index (χ0n) is 5.40. The topological polar surface area (TPSA) is 40.9 Å². The first-order valence-electron chi connectivity index (χ1n) is 2.22. The van der Waals surface area contributed by atoms with E-state index < -0.39 is 5.91 Å². The van der Waals surface area contributed by atoms with Gasteiger partial charge in [0.15, 0.2) is 0 Å². The van der Waals surface area contributed by atoms with Crippen LogP contribution in [-0.2, 0) is 30.6 Å². The van der Waals surface area contributed by atoms with E-state index in [1.54, 1.807) is 13.8 Å². The fraction of sp³-hybridized carbons (Fsp3) is 0.600. The third-order valence-electron chi connectivity index (χ3n) is 0.321. The summed E-state index contributed by atoms with van der Waals surface area (Å²) in [6.07, 6.45) is 0.333. The molecule has 0 spiro atoms. The molecule has 0 aliphatic carbocycles. The first kappa shape index (κ1) is 15.8. The third-order valence-corrected chi connectivity index (χ3v) is 0.321. The van der Waals surface area contributed by atoms with Crippen molar-refractivity contribution in [1.29, 1.82) is 0 Å². The normalized spacial score (nSPS) is 5.38. The molecule has 1 radical (unpaired) electrons. The van der Waals surface area contributed by atoms with Gasteiger partial charge in [-0.1, -0.05) is 6.92 Å². The average molecular weight is 146 g/mol. The van der Waals surface area contributed by atoms with Gasteiger partial charge in [-0.2, -0.15) is 6.92 Å². The van der Waals surface area contributed by atoms with E-state index in [-0.39, 0.29) is 25.8 Å². The smallest absolute Gasteiger partial charge is 0.0484 e. The van der Waals surface area contributed by atoms with Crippen molar-refractivity contribution in [2.75, 3.05) is 0 Å². The Labute approximate surface area is 69.6 Å². The van der Waals surface area contributed by atoms with Crippen LogP contribution in [0.25, 0.3) is 5.73 Å². The molecule has 8 heavy (non-hydrogen) atoms. The fourth-order valence-electron chi connectivity index (χ4n) is 0. The molecule has 1 N–H and O–H groups in total. The quantitative estimate of drug-likeness (QED) is 0.520. The summed E-state index contributed by atoms with van der Waals surface area (Å²) in [5.41, 5.74) is 6.19. The van der Waals surface area contributed by atoms with Crippen molar-refractivity contribution in [3.05, 3.63) is 12.7 Å². The minimum Gasteiger partial charge on any atom is -0.668 e. The SMILES string of the molecule is CCC([NH-])=O.[CH2-]C.[Sc]. The van der Waals surface area contributed by atoms with Crippen molar-refractivity contribution in [1.82, 2.24) is 0 Å². The Kier molecular flexibility index (Phi) is 30.9. The molecule has 0 atom stereocenters. The molecule has 2 nitrogen and oxygen atoms in total. The first-order valence-corrected chi connectivity index (χ1v) is 2.22. The van der Waals surface area contributed by atoms with Gasteiger partial charge in [0.1, 0.15) is 0 Å². The Bertz CT molecular complexity index is 47.7. The minimum atomic E-state index is -0.495. The van der Waals surface area contributed by atoms with Crippen LogP contribution < -0.4 is 0 Å². The molecule has 0 fully saturated rings. The van der Waals surface area contributed by atoms with Gasteiger partial charge < -0.3 is 17.5 Å². The molecule has 0 heterocycles. The zero-order valence-corrected chi connectivity index (χ0v) is 7.20. The van der Waals surface area contributed by atoms with Crippen LogP contribution in [0.3, 0.4) is 0 Å². The molecule has 0 bridgehead atoms. The zero-order chi connectivity index (χ0) is 6.28. The van der Waals surface area contributed by atoms with Crippen molar-refractivity contribution < 1.29 is 30.6 Å². The number of amides is 1. The molecule has 0 aliphatic rings. The minimum absolute atomic E-state index is 0. The fourth-order valence-corrected chi connectivity index (χ4v) is 0. The monoisotopic (exact) mass is 146 g/mol. The Morgan fingerprint density at radius 1 is 1.62 bits per heavy atom. The van der Waals surface area contributed by atoms with Crippen LogP contribution in [-0.4, -0.2) is 5.91 Å². The predicted octanol–water partition coefficient (Wildman–Crippen LogP) is 1.81. The standard InChI is InChI=1S/C3H7NO.C2H5.Sc/c1-2-3(4)5;1-2;/h2H2,1H3,(H2,4,5);1H2,2H3;/q;-1;/p-1. The van der Waals surface area contributed by atoms with Crippen LogP contribution >= 0.6 is 0 Å². The molecule has 0 saturated carbocycles. The van der Waals surface area contributed by atoms with E-state index in [9.17, 15) is 4.79 Å². The maximum atomic E-state index is 9.48.